The molecular formula is C17H16BrNO2. The van der Waals surface area contributed by atoms with Gasteiger partial charge in [-0.15, -0.1) is 0 Å². The van der Waals surface area contributed by atoms with Gasteiger partial charge in [-0.1, -0.05) is 24.3 Å². The lowest BCUT2D eigenvalue weighted by Crippen LogP contribution is -2.39. The highest BCUT2D eigenvalue weighted by atomic mass is 79.9. The third-order valence-corrected chi connectivity index (χ3v) is 4.71. The Labute approximate surface area is 132 Å². The molecule has 21 heavy (non-hydrogen) atoms. The maximum atomic E-state index is 11.9. The van der Waals surface area contributed by atoms with Crippen molar-refractivity contribution in [2.45, 2.75) is 25.7 Å². The Morgan fingerprint density at radius 3 is 2.76 bits per heavy atom. The topological polar surface area (TPSA) is 50.2 Å². The third-order valence-electron chi connectivity index (χ3n) is 4.28. The fourth-order valence-electron chi connectivity index (χ4n) is 3.15. The smallest absolute Gasteiger partial charge is 0.310 e. The molecule has 1 N–H and O–H groups in total. The maximum absolute atomic E-state index is 11.9. The summed E-state index contributed by atoms with van der Waals surface area (Å²) in [6.07, 6.45) is 6.08. The van der Waals surface area contributed by atoms with Crippen LogP contribution < -0.4 is 0 Å². The van der Waals surface area contributed by atoms with E-state index < -0.39 is 11.4 Å². The van der Waals surface area contributed by atoms with Gasteiger partial charge in [0, 0.05) is 16.9 Å². The molecule has 0 bridgehead atoms. The fourth-order valence-corrected chi connectivity index (χ4v) is 3.57. The second-order valence-corrected chi connectivity index (χ2v) is 6.63. The Kier molecular flexibility index (Phi) is 3.81. The number of carboxylic acid groups (broad SMARTS) is 1. The van der Waals surface area contributed by atoms with Crippen LogP contribution in [-0.4, -0.2) is 16.1 Å². The molecule has 0 saturated heterocycles. The van der Waals surface area contributed by atoms with Gasteiger partial charge < -0.3 is 5.11 Å². The molecule has 0 fully saturated rings. The monoisotopic (exact) mass is 345 g/mol. The van der Waals surface area contributed by atoms with Crippen LogP contribution in [0.4, 0.5) is 0 Å². The molecule has 1 aromatic heterocycles. The predicted octanol–water partition coefficient (Wildman–Crippen LogP) is 3.65. The van der Waals surface area contributed by atoms with Crippen molar-refractivity contribution in [3.8, 4) is 0 Å². The van der Waals surface area contributed by atoms with Gasteiger partial charge in [-0.3, -0.25) is 9.78 Å². The van der Waals surface area contributed by atoms with Crippen LogP contribution in [0, 0.1) is 5.41 Å². The van der Waals surface area contributed by atoms with Gasteiger partial charge in [0.2, 0.25) is 0 Å². The molecule has 0 saturated carbocycles. The van der Waals surface area contributed by atoms with Gasteiger partial charge in [-0.05, 0) is 64.4 Å². The van der Waals surface area contributed by atoms with Crippen molar-refractivity contribution in [3.05, 3.63) is 63.9 Å². The normalized spacial score (nSPS) is 20.8. The van der Waals surface area contributed by atoms with E-state index in [0.717, 1.165) is 22.0 Å². The minimum atomic E-state index is -0.725. The van der Waals surface area contributed by atoms with Crippen LogP contribution in [0.15, 0.2) is 47.2 Å². The Hall–Kier alpha value is -1.68. The molecule has 1 atom stereocenters. The lowest BCUT2D eigenvalue weighted by atomic mass is 9.68. The van der Waals surface area contributed by atoms with E-state index in [-0.39, 0.29) is 0 Å². The number of hydrogen-bond donors (Lipinski definition) is 1. The van der Waals surface area contributed by atoms with Crippen molar-refractivity contribution in [2.24, 2.45) is 5.41 Å². The highest BCUT2D eigenvalue weighted by molar-refractivity contribution is 9.10. The van der Waals surface area contributed by atoms with Crippen LogP contribution in [0.5, 0.6) is 0 Å². The van der Waals surface area contributed by atoms with Crippen LogP contribution in [0.3, 0.4) is 0 Å². The number of benzene rings is 1. The molecule has 2 aromatic rings. The molecule has 1 aromatic carbocycles. The zero-order valence-electron chi connectivity index (χ0n) is 11.6. The van der Waals surface area contributed by atoms with Gasteiger partial charge in [-0.25, -0.2) is 0 Å². The first-order valence-electron chi connectivity index (χ1n) is 6.99. The number of nitrogens with zero attached hydrogens (tertiary/aromatic N) is 1. The Bertz CT molecular complexity index is 686. The van der Waals surface area contributed by atoms with E-state index in [1.165, 1.54) is 5.56 Å². The number of aromatic nitrogens is 1. The summed E-state index contributed by atoms with van der Waals surface area (Å²) in [5, 5.41) is 9.81. The minimum absolute atomic E-state index is 0.517. The summed E-state index contributed by atoms with van der Waals surface area (Å²) < 4.78 is 0.886. The van der Waals surface area contributed by atoms with E-state index in [0.29, 0.717) is 19.3 Å². The molecule has 3 rings (SSSR count). The van der Waals surface area contributed by atoms with E-state index >= 15 is 0 Å². The molecule has 1 unspecified atom stereocenters. The number of carbonyl (C=O) groups is 1. The summed E-state index contributed by atoms with van der Waals surface area (Å²) in [5.41, 5.74) is 2.68. The molecule has 1 heterocycles. The van der Waals surface area contributed by atoms with E-state index in [1.54, 1.807) is 12.4 Å². The molecule has 0 radical (unpaired) electrons. The SMILES string of the molecule is O=C(O)C1(Cc2cncc(Br)c2)CCc2ccccc2C1. The number of fused-ring (bicyclic) bond motifs is 1. The Morgan fingerprint density at radius 1 is 1.29 bits per heavy atom. The lowest BCUT2D eigenvalue weighted by molar-refractivity contribution is -0.149. The zero-order chi connectivity index (χ0) is 14.9. The first-order chi connectivity index (χ1) is 10.1. The van der Waals surface area contributed by atoms with Crippen LogP contribution in [0.1, 0.15) is 23.1 Å². The van der Waals surface area contributed by atoms with E-state index in [4.69, 9.17) is 0 Å². The zero-order valence-corrected chi connectivity index (χ0v) is 13.1. The molecule has 1 aliphatic rings. The summed E-state index contributed by atoms with van der Waals surface area (Å²) in [5.74, 6) is -0.711. The van der Waals surface area contributed by atoms with Crippen molar-refractivity contribution in [2.75, 3.05) is 0 Å². The van der Waals surface area contributed by atoms with Crippen molar-refractivity contribution >= 4 is 21.9 Å². The number of pyridine rings is 1. The molecule has 1 aliphatic carbocycles. The lowest BCUT2D eigenvalue weighted by Gasteiger charge is -2.34. The average Bonchev–Trinajstić information content (AvgIpc) is 2.47. The molecule has 0 spiro atoms. The minimum Gasteiger partial charge on any atom is -0.481 e. The number of aliphatic carboxylic acids is 1. The number of rotatable bonds is 3. The van der Waals surface area contributed by atoms with Crippen molar-refractivity contribution in [1.82, 2.24) is 4.98 Å². The molecule has 4 heteroatoms. The maximum Gasteiger partial charge on any atom is 0.310 e. The van der Waals surface area contributed by atoms with Gasteiger partial charge in [0.15, 0.2) is 0 Å². The van der Waals surface area contributed by atoms with Crippen LogP contribution in [-0.2, 0) is 24.1 Å². The summed E-state index contributed by atoms with van der Waals surface area (Å²) in [6, 6.07) is 10.1. The van der Waals surface area contributed by atoms with Gasteiger partial charge in [0.25, 0.3) is 0 Å². The van der Waals surface area contributed by atoms with Crippen LogP contribution in [0.25, 0.3) is 0 Å². The number of aryl methyl sites for hydroxylation is 1. The Morgan fingerprint density at radius 2 is 2.05 bits per heavy atom. The molecule has 3 nitrogen and oxygen atoms in total. The largest absolute Gasteiger partial charge is 0.481 e. The number of halogens is 1. The van der Waals surface area contributed by atoms with Gasteiger partial charge in [-0.2, -0.15) is 0 Å². The van der Waals surface area contributed by atoms with Crippen LogP contribution >= 0.6 is 15.9 Å². The van der Waals surface area contributed by atoms with E-state index in [2.05, 4.69) is 27.0 Å². The first kappa shape index (κ1) is 14.3. The summed E-state index contributed by atoms with van der Waals surface area (Å²) >= 11 is 3.40. The molecule has 0 amide bonds. The van der Waals surface area contributed by atoms with Crippen LogP contribution in [0.2, 0.25) is 0 Å². The number of carboxylic acids is 1. The quantitative estimate of drug-likeness (QED) is 0.923. The van der Waals surface area contributed by atoms with Gasteiger partial charge in [0.05, 0.1) is 5.41 Å². The fraction of sp³-hybridized carbons (Fsp3) is 0.294. The highest BCUT2D eigenvalue weighted by Crippen LogP contribution is 2.38. The first-order valence-corrected chi connectivity index (χ1v) is 7.78. The van der Waals surface area contributed by atoms with Crippen molar-refractivity contribution in [1.29, 1.82) is 0 Å². The van der Waals surface area contributed by atoms with Gasteiger partial charge in [0.1, 0.15) is 0 Å². The standard InChI is InChI=1S/C17H16BrNO2/c18-15-7-12(10-19-11-15)8-17(16(20)21)6-5-13-3-1-2-4-14(13)9-17/h1-4,7,10-11H,5-6,8-9H2,(H,20,21). The summed E-state index contributed by atoms with van der Waals surface area (Å²) in [7, 11) is 0. The second kappa shape index (κ2) is 5.60. The van der Waals surface area contributed by atoms with E-state index in [1.807, 2.05) is 24.3 Å². The summed E-state index contributed by atoms with van der Waals surface area (Å²) in [6.45, 7) is 0. The average molecular weight is 346 g/mol. The summed E-state index contributed by atoms with van der Waals surface area (Å²) in [4.78, 5) is 16.1. The van der Waals surface area contributed by atoms with E-state index in [9.17, 15) is 9.90 Å². The molecule has 0 aliphatic heterocycles. The molecular weight excluding hydrogens is 330 g/mol. The van der Waals surface area contributed by atoms with Gasteiger partial charge >= 0.3 is 5.97 Å². The Balaban J connectivity index is 1.93. The number of hydrogen-bond acceptors (Lipinski definition) is 2. The van der Waals surface area contributed by atoms with Crippen molar-refractivity contribution < 1.29 is 9.90 Å². The second-order valence-electron chi connectivity index (χ2n) is 5.72. The highest BCUT2D eigenvalue weighted by Gasteiger charge is 2.41. The predicted molar refractivity (Wildman–Crippen MR) is 84.2 cm³/mol. The third kappa shape index (κ3) is 2.86. The van der Waals surface area contributed by atoms with Crippen molar-refractivity contribution in [3.63, 3.8) is 0 Å². The molecule has 108 valence electrons.